The molecule has 0 aliphatic heterocycles. The average molecular weight is 234 g/mol. The lowest BCUT2D eigenvalue weighted by Crippen LogP contribution is -1.88. The third-order valence-electron chi connectivity index (χ3n) is 2.12. The van der Waals surface area contributed by atoms with Crippen molar-refractivity contribution >= 4 is 17.6 Å². The first-order valence-corrected chi connectivity index (χ1v) is 5.62. The maximum atomic E-state index is 13.1. The van der Waals surface area contributed by atoms with E-state index in [0.29, 0.717) is 11.4 Å². The molecule has 4 heteroatoms. The summed E-state index contributed by atoms with van der Waals surface area (Å²) >= 11 is 1.53. The zero-order chi connectivity index (χ0) is 11.5. The second kappa shape index (κ2) is 4.53. The van der Waals surface area contributed by atoms with Crippen LogP contribution in [-0.4, -0.2) is 4.98 Å². The Morgan fingerprint density at radius 1 is 1.19 bits per heavy atom. The molecule has 0 saturated carbocycles. The molecule has 82 valence electrons. The largest absolute Gasteiger partial charge is 0.384 e. The van der Waals surface area contributed by atoms with Gasteiger partial charge in [-0.05, 0) is 42.8 Å². The summed E-state index contributed by atoms with van der Waals surface area (Å²) in [6.07, 6.45) is 1.71. The highest BCUT2D eigenvalue weighted by Gasteiger charge is 2.01. The Bertz CT molecular complexity index is 497. The molecule has 0 unspecified atom stereocenters. The molecule has 0 spiro atoms. The van der Waals surface area contributed by atoms with Gasteiger partial charge in [0, 0.05) is 16.0 Å². The number of hydrogen-bond acceptors (Lipinski definition) is 3. The van der Waals surface area contributed by atoms with Crippen LogP contribution in [0, 0.1) is 12.7 Å². The van der Waals surface area contributed by atoms with Gasteiger partial charge in [-0.25, -0.2) is 9.37 Å². The van der Waals surface area contributed by atoms with Crippen LogP contribution in [-0.2, 0) is 0 Å². The molecule has 16 heavy (non-hydrogen) atoms. The molecule has 1 aromatic heterocycles. The second-order valence-electron chi connectivity index (χ2n) is 3.43. The Kier molecular flexibility index (Phi) is 3.10. The quantitative estimate of drug-likeness (QED) is 0.866. The first-order valence-electron chi connectivity index (χ1n) is 4.81. The van der Waals surface area contributed by atoms with Crippen LogP contribution in [0.5, 0.6) is 0 Å². The van der Waals surface area contributed by atoms with Crippen molar-refractivity contribution in [2.45, 2.75) is 16.7 Å². The van der Waals surface area contributed by atoms with Crippen LogP contribution in [0.3, 0.4) is 0 Å². The Hall–Kier alpha value is -1.55. The van der Waals surface area contributed by atoms with Gasteiger partial charge in [-0.1, -0.05) is 11.8 Å². The Labute approximate surface area is 97.7 Å². The van der Waals surface area contributed by atoms with Crippen LogP contribution >= 0.6 is 11.8 Å². The van der Waals surface area contributed by atoms with Crippen molar-refractivity contribution in [3.05, 3.63) is 47.9 Å². The first kappa shape index (κ1) is 11.0. The van der Waals surface area contributed by atoms with E-state index in [1.807, 2.05) is 12.1 Å². The van der Waals surface area contributed by atoms with E-state index < -0.39 is 0 Å². The number of nitrogen functional groups attached to an aromatic ring is 1. The van der Waals surface area contributed by atoms with E-state index in [4.69, 9.17) is 5.73 Å². The molecule has 0 atom stereocenters. The molecule has 2 nitrogen and oxygen atoms in total. The van der Waals surface area contributed by atoms with Gasteiger partial charge in [0.2, 0.25) is 0 Å². The van der Waals surface area contributed by atoms with E-state index in [1.54, 1.807) is 25.3 Å². The minimum absolute atomic E-state index is 0.181. The van der Waals surface area contributed by atoms with E-state index in [-0.39, 0.29) is 5.82 Å². The molecule has 0 radical (unpaired) electrons. The van der Waals surface area contributed by atoms with E-state index in [2.05, 4.69) is 4.98 Å². The van der Waals surface area contributed by atoms with Crippen LogP contribution < -0.4 is 5.73 Å². The van der Waals surface area contributed by atoms with Gasteiger partial charge >= 0.3 is 0 Å². The van der Waals surface area contributed by atoms with Crippen molar-refractivity contribution in [1.29, 1.82) is 0 Å². The number of pyridine rings is 1. The summed E-state index contributed by atoms with van der Waals surface area (Å²) in [4.78, 5) is 5.98. The Morgan fingerprint density at radius 2 is 1.94 bits per heavy atom. The number of anilines is 1. The number of benzene rings is 1. The van der Waals surface area contributed by atoms with Gasteiger partial charge in [0.25, 0.3) is 0 Å². The summed E-state index contributed by atoms with van der Waals surface area (Å²) in [5, 5.41) is 0. The predicted octanol–water partition coefficient (Wildman–Crippen LogP) is 3.26. The summed E-state index contributed by atoms with van der Waals surface area (Å²) in [6.45, 7) is 1.75. The van der Waals surface area contributed by atoms with Gasteiger partial charge in [0.15, 0.2) is 0 Å². The highest BCUT2D eigenvalue weighted by atomic mass is 32.2. The SMILES string of the molecule is Cc1cc(Sc2ccc(N)nc2)ccc1F. The van der Waals surface area contributed by atoms with Crippen molar-refractivity contribution in [2.24, 2.45) is 0 Å². The first-order chi connectivity index (χ1) is 7.65. The van der Waals surface area contributed by atoms with Gasteiger partial charge < -0.3 is 5.73 Å². The number of rotatable bonds is 2. The normalized spacial score (nSPS) is 10.4. The van der Waals surface area contributed by atoms with E-state index >= 15 is 0 Å². The molecule has 0 aliphatic rings. The smallest absolute Gasteiger partial charge is 0.126 e. The van der Waals surface area contributed by atoms with Crippen LogP contribution in [0.4, 0.5) is 10.2 Å². The number of aromatic nitrogens is 1. The molecule has 1 aromatic carbocycles. The number of nitrogens with zero attached hydrogens (tertiary/aromatic N) is 1. The van der Waals surface area contributed by atoms with Gasteiger partial charge in [0.05, 0.1) is 0 Å². The molecule has 0 bridgehead atoms. The molecule has 1 heterocycles. The number of aryl methyl sites for hydroxylation is 1. The molecule has 0 saturated heterocycles. The molecule has 0 amide bonds. The zero-order valence-corrected chi connectivity index (χ0v) is 9.59. The molecule has 0 aliphatic carbocycles. The van der Waals surface area contributed by atoms with Gasteiger partial charge in [0.1, 0.15) is 11.6 Å². The predicted molar refractivity (Wildman–Crippen MR) is 63.9 cm³/mol. The van der Waals surface area contributed by atoms with Crippen molar-refractivity contribution < 1.29 is 4.39 Å². The Morgan fingerprint density at radius 3 is 2.56 bits per heavy atom. The van der Waals surface area contributed by atoms with Crippen molar-refractivity contribution in [1.82, 2.24) is 4.98 Å². The fourth-order valence-electron chi connectivity index (χ4n) is 1.27. The Balaban J connectivity index is 2.20. The fourth-order valence-corrected chi connectivity index (χ4v) is 2.15. The summed E-state index contributed by atoms with van der Waals surface area (Å²) in [6, 6.07) is 8.69. The zero-order valence-electron chi connectivity index (χ0n) is 8.77. The number of hydrogen-bond donors (Lipinski definition) is 1. The molecule has 0 fully saturated rings. The van der Waals surface area contributed by atoms with E-state index in [9.17, 15) is 4.39 Å². The summed E-state index contributed by atoms with van der Waals surface area (Å²) in [5.41, 5.74) is 6.14. The highest BCUT2D eigenvalue weighted by Crippen LogP contribution is 2.28. The van der Waals surface area contributed by atoms with E-state index in [1.165, 1.54) is 17.8 Å². The molecular weight excluding hydrogens is 223 g/mol. The number of nitrogens with two attached hydrogens (primary N) is 1. The van der Waals surface area contributed by atoms with E-state index in [0.717, 1.165) is 9.79 Å². The molecule has 2 N–H and O–H groups in total. The lowest BCUT2D eigenvalue weighted by atomic mass is 10.2. The monoisotopic (exact) mass is 234 g/mol. The summed E-state index contributed by atoms with van der Waals surface area (Å²) in [5.74, 6) is 0.319. The second-order valence-corrected chi connectivity index (χ2v) is 4.58. The molecular formula is C12H11FN2S. The van der Waals surface area contributed by atoms with Gasteiger partial charge in [-0.3, -0.25) is 0 Å². The molecule has 2 aromatic rings. The topological polar surface area (TPSA) is 38.9 Å². The maximum absolute atomic E-state index is 13.1. The average Bonchev–Trinajstić information content (AvgIpc) is 2.27. The van der Waals surface area contributed by atoms with Crippen LogP contribution in [0.1, 0.15) is 5.56 Å². The highest BCUT2D eigenvalue weighted by molar-refractivity contribution is 7.99. The van der Waals surface area contributed by atoms with Crippen molar-refractivity contribution in [3.8, 4) is 0 Å². The van der Waals surface area contributed by atoms with Crippen LogP contribution in [0.25, 0.3) is 0 Å². The van der Waals surface area contributed by atoms with Gasteiger partial charge in [-0.2, -0.15) is 0 Å². The lowest BCUT2D eigenvalue weighted by molar-refractivity contribution is 0.617. The van der Waals surface area contributed by atoms with Gasteiger partial charge in [-0.15, -0.1) is 0 Å². The third-order valence-corrected chi connectivity index (χ3v) is 3.09. The fraction of sp³-hybridized carbons (Fsp3) is 0.0833. The summed E-state index contributed by atoms with van der Waals surface area (Å²) < 4.78 is 13.1. The van der Waals surface area contributed by atoms with Crippen molar-refractivity contribution in [3.63, 3.8) is 0 Å². The summed E-state index contributed by atoms with van der Waals surface area (Å²) in [7, 11) is 0. The minimum atomic E-state index is -0.181. The third kappa shape index (κ3) is 2.52. The lowest BCUT2D eigenvalue weighted by Gasteiger charge is -2.03. The standard InChI is InChI=1S/C12H11FN2S/c1-8-6-9(2-4-11(8)13)16-10-3-5-12(14)15-7-10/h2-7H,1H3,(H2,14,15). The van der Waals surface area contributed by atoms with Crippen LogP contribution in [0.2, 0.25) is 0 Å². The van der Waals surface area contributed by atoms with Crippen molar-refractivity contribution in [2.75, 3.05) is 5.73 Å². The number of halogens is 1. The maximum Gasteiger partial charge on any atom is 0.126 e. The van der Waals surface area contributed by atoms with Crippen LogP contribution in [0.15, 0.2) is 46.3 Å². The molecule has 2 rings (SSSR count). The minimum Gasteiger partial charge on any atom is -0.384 e.